The van der Waals surface area contributed by atoms with E-state index < -0.39 is 0 Å². The minimum atomic E-state index is 0.732. The van der Waals surface area contributed by atoms with Gasteiger partial charge in [0.25, 0.3) is 0 Å². The van der Waals surface area contributed by atoms with Crippen LogP contribution in [0.25, 0.3) is 0 Å². The van der Waals surface area contributed by atoms with Gasteiger partial charge in [-0.25, -0.2) is 0 Å². The summed E-state index contributed by atoms with van der Waals surface area (Å²) in [5.74, 6) is 0.870. The van der Waals surface area contributed by atoms with E-state index in [0.717, 1.165) is 23.3 Å². The Balaban J connectivity index is 2.82. The number of rotatable bonds is 3. The van der Waals surface area contributed by atoms with Crippen molar-refractivity contribution in [3.8, 4) is 11.8 Å². The Hall–Kier alpha value is -1.75. The van der Waals surface area contributed by atoms with Crippen molar-refractivity contribution in [2.24, 2.45) is 0 Å². The van der Waals surface area contributed by atoms with Gasteiger partial charge in [0.2, 0.25) is 0 Å². The Morgan fingerprint density at radius 3 is 2.86 bits per heavy atom. The number of allylic oxidation sites excluding steroid dienone is 2. The zero-order valence-electron chi connectivity index (χ0n) is 8.45. The highest BCUT2D eigenvalue weighted by Crippen LogP contribution is 2.18. The monoisotopic (exact) mass is 187 g/mol. The zero-order chi connectivity index (χ0) is 10.4. The predicted octanol–water partition coefficient (Wildman–Crippen LogP) is 2.71. The molecule has 2 heteroatoms. The van der Waals surface area contributed by atoms with Gasteiger partial charge < -0.3 is 4.74 Å². The Kier molecular flexibility index (Phi) is 3.75. The summed E-state index contributed by atoms with van der Waals surface area (Å²) in [6, 6.07) is 9.91. The predicted molar refractivity (Wildman–Crippen MR) is 56.1 cm³/mol. The van der Waals surface area contributed by atoms with Gasteiger partial charge in [-0.2, -0.15) is 5.26 Å². The molecule has 1 rings (SSSR count). The van der Waals surface area contributed by atoms with E-state index in [-0.39, 0.29) is 0 Å². The average molecular weight is 187 g/mol. The van der Waals surface area contributed by atoms with Gasteiger partial charge in [0.15, 0.2) is 0 Å². The number of nitrogens with zero attached hydrogens (tertiary/aromatic N) is 1. The Bertz CT molecular complexity index is 374. The maximum Gasteiger partial charge on any atom is 0.122 e. The van der Waals surface area contributed by atoms with Gasteiger partial charge in [-0.1, -0.05) is 24.3 Å². The van der Waals surface area contributed by atoms with E-state index in [1.54, 1.807) is 14.0 Å². The molecule has 2 nitrogen and oxygen atoms in total. The number of nitriles is 1. The minimum absolute atomic E-state index is 0.732. The SMILES string of the molecule is COc1ccccc1C/C=C(/C)C#N. The number of methoxy groups -OCH3 is 1. The summed E-state index contributed by atoms with van der Waals surface area (Å²) in [4.78, 5) is 0. The summed E-state index contributed by atoms with van der Waals surface area (Å²) in [5, 5.41) is 8.59. The molecule has 0 amide bonds. The van der Waals surface area contributed by atoms with Crippen LogP contribution in [0.15, 0.2) is 35.9 Å². The number of para-hydroxylation sites is 1. The highest BCUT2D eigenvalue weighted by Gasteiger charge is 1.98. The number of hydrogen-bond acceptors (Lipinski definition) is 2. The fourth-order valence-electron chi connectivity index (χ4n) is 1.18. The average Bonchev–Trinajstić information content (AvgIpc) is 2.26. The lowest BCUT2D eigenvalue weighted by atomic mass is 10.1. The van der Waals surface area contributed by atoms with Gasteiger partial charge >= 0.3 is 0 Å². The van der Waals surface area contributed by atoms with Gasteiger partial charge in [-0.15, -0.1) is 0 Å². The van der Waals surface area contributed by atoms with Crippen LogP contribution in [0.3, 0.4) is 0 Å². The Labute approximate surface area is 84.4 Å². The molecule has 72 valence electrons. The lowest BCUT2D eigenvalue weighted by molar-refractivity contribution is 0.410. The normalized spacial score (nSPS) is 10.8. The van der Waals surface area contributed by atoms with Crippen LogP contribution in [0.1, 0.15) is 12.5 Å². The second-order valence-corrected chi connectivity index (χ2v) is 3.01. The first-order valence-corrected chi connectivity index (χ1v) is 4.46. The summed E-state index contributed by atoms with van der Waals surface area (Å²) < 4.78 is 5.20. The molecular formula is C12H13NO. The molecule has 14 heavy (non-hydrogen) atoms. The van der Waals surface area contributed by atoms with E-state index in [2.05, 4.69) is 6.07 Å². The Morgan fingerprint density at radius 1 is 1.50 bits per heavy atom. The fourth-order valence-corrected chi connectivity index (χ4v) is 1.18. The van der Waals surface area contributed by atoms with Crippen molar-refractivity contribution in [3.63, 3.8) is 0 Å². The highest BCUT2D eigenvalue weighted by atomic mass is 16.5. The summed E-state index contributed by atoms with van der Waals surface area (Å²) in [7, 11) is 1.65. The fraction of sp³-hybridized carbons (Fsp3) is 0.250. The molecule has 0 heterocycles. The first-order chi connectivity index (χ1) is 6.77. The van der Waals surface area contributed by atoms with Crippen LogP contribution in [-0.4, -0.2) is 7.11 Å². The van der Waals surface area contributed by atoms with E-state index in [0.29, 0.717) is 0 Å². The molecule has 0 aliphatic carbocycles. The van der Waals surface area contributed by atoms with E-state index >= 15 is 0 Å². The second-order valence-electron chi connectivity index (χ2n) is 3.01. The van der Waals surface area contributed by atoms with Crippen molar-refractivity contribution in [2.45, 2.75) is 13.3 Å². The third kappa shape index (κ3) is 2.63. The lowest BCUT2D eigenvalue weighted by Gasteiger charge is -2.05. The smallest absolute Gasteiger partial charge is 0.122 e. The molecule has 0 spiro atoms. The van der Waals surface area contributed by atoms with Gasteiger partial charge in [0, 0.05) is 5.57 Å². The van der Waals surface area contributed by atoms with Gasteiger partial charge in [-0.05, 0) is 25.0 Å². The van der Waals surface area contributed by atoms with Crippen molar-refractivity contribution >= 4 is 0 Å². The molecule has 0 unspecified atom stereocenters. The molecule has 0 saturated carbocycles. The third-order valence-corrected chi connectivity index (χ3v) is 2.00. The zero-order valence-corrected chi connectivity index (χ0v) is 8.45. The van der Waals surface area contributed by atoms with Crippen LogP contribution in [0.2, 0.25) is 0 Å². The van der Waals surface area contributed by atoms with Crippen molar-refractivity contribution in [1.82, 2.24) is 0 Å². The van der Waals surface area contributed by atoms with Crippen molar-refractivity contribution in [2.75, 3.05) is 7.11 Å². The summed E-state index contributed by atoms with van der Waals surface area (Å²) in [6.07, 6.45) is 2.64. The molecule has 0 aliphatic heterocycles. The van der Waals surface area contributed by atoms with Crippen LogP contribution < -0.4 is 4.74 Å². The molecule has 0 aromatic heterocycles. The summed E-state index contributed by atoms with van der Waals surface area (Å²) in [6.45, 7) is 1.80. The van der Waals surface area contributed by atoms with E-state index in [1.165, 1.54) is 0 Å². The van der Waals surface area contributed by atoms with Gasteiger partial charge in [0.1, 0.15) is 5.75 Å². The minimum Gasteiger partial charge on any atom is -0.496 e. The largest absolute Gasteiger partial charge is 0.496 e. The third-order valence-electron chi connectivity index (χ3n) is 2.00. The van der Waals surface area contributed by atoms with Crippen molar-refractivity contribution in [1.29, 1.82) is 5.26 Å². The van der Waals surface area contributed by atoms with Crippen molar-refractivity contribution in [3.05, 3.63) is 41.5 Å². The number of ether oxygens (including phenoxy) is 1. The lowest BCUT2D eigenvalue weighted by Crippen LogP contribution is -1.90. The molecule has 0 aliphatic rings. The second kappa shape index (κ2) is 5.08. The topological polar surface area (TPSA) is 33.0 Å². The molecule has 0 bridgehead atoms. The quantitative estimate of drug-likeness (QED) is 0.681. The van der Waals surface area contributed by atoms with Crippen molar-refractivity contribution < 1.29 is 4.74 Å². The molecule has 1 aromatic carbocycles. The Morgan fingerprint density at radius 2 is 2.21 bits per heavy atom. The highest BCUT2D eigenvalue weighted by molar-refractivity contribution is 5.35. The molecule has 0 radical (unpaired) electrons. The number of benzene rings is 1. The van der Waals surface area contributed by atoms with Gasteiger partial charge in [-0.3, -0.25) is 0 Å². The molecule has 0 saturated heterocycles. The maximum atomic E-state index is 8.59. The summed E-state index contributed by atoms with van der Waals surface area (Å²) in [5.41, 5.74) is 1.83. The van der Waals surface area contributed by atoms with E-state index in [1.807, 2.05) is 30.3 Å². The molecule has 1 aromatic rings. The standard InChI is InChI=1S/C12H13NO/c1-10(9-13)7-8-11-5-3-4-6-12(11)14-2/h3-7H,8H2,1-2H3/b10-7-. The molecule has 0 fully saturated rings. The van der Waals surface area contributed by atoms with E-state index in [4.69, 9.17) is 10.00 Å². The first kappa shape index (κ1) is 10.3. The first-order valence-electron chi connectivity index (χ1n) is 4.46. The van der Waals surface area contributed by atoms with Gasteiger partial charge in [0.05, 0.1) is 13.2 Å². The molecular weight excluding hydrogens is 174 g/mol. The maximum absolute atomic E-state index is 8.59. The molecule has 0 N–H and O–H groups in total. The van der Waals surface area contributed by atoms with Crippen LogP contribution in [0.4, 0.5) is 0 Å². The van der Waals surface area contributed by atoms with E-state index in [9.17, 15) is 0 Å². The van der Waals surface area contributed by atoms with Crippen LogP contribution in [0.5, 0.6) is 5.75 Å². The van der Waals surface area contributed by atoms with Crippen LogP contribution >= 0.6 is 0 Å². The number of hydrogen-bond donors (Lipinski definition) is 0. The summed E-state index contributed by atoms with van der Waals surface area (Å²) >= 11 is 0. The molecule has 0 atom stereocenters. The van der Waals surface area contributed by atoms with Crippen LogP contribution in [-0.2, 0) is 6.42 Å². The van der Waals surface area contributed by atoms with Crippen LogP contribution in [0, 0.1) is 11.3 Å².